The van der Waals surface area contributed by atoms with E-state index in [0.717, 1.165) is 0 Å². The first kappa shape index (κ1) is 9.95. The predicted molar refractivity (Wildman–Crippen MR) is 46.7 cm³/mol. The van der Waals surface area contributed by atoms with Gasteiger partial charge in [-0.15, -0.1) is 0 Å². The first-order valence-corrected chi connectivity index (χ1v) is 3.95. The number of hydrogen-bond acceptors (Lipinski definition) is 3. The quantitative estimate of drug-likeness (QED) is 0.641. The molecule has 4 N–H and O–H groups in total. The van der Waals surface area contributed by atoms with Crippen molar-refractivity contribution in [2.45, 2.75) is 19.1 Å². The van der Waals surface area contributed by atoms with Gasteiger partial charge in [-0.1, -0.05) is 12.1 Å². The van der Waals surface area contributed by atoms with E-state index in [-0.39, 0.29) is 5.56 Å². The van der Waals surface area contributed by atoms with Crippen LogP contribution in [0, 0.1) is 5.82 Å². The SMILES string of the molecule is CC(O)[C@@H](N)c1cccc(O)c1F. The number of aromatic hydroxyl groups is 1. The summed E-state index contributed by atoms with van der Waals surface area (Å²) in [5.74, 6) is -1.22. The molecule has 2 atom stereocenters. The van der Waals surface area contributed by atoms with E-state index in [1.807, 2.05) is 0 Å². The van der Waals surface area contributed by atoms with Gasteiger partial charge in [0.15, 0.2) is 11.6 Å². The topological polar surface area (TPSA) is 66.5 Å². The number of aliphatic hydroxyl groups is 1. The van der Waals surface area contributed by atoms with Crippen molar-refractivity contribution in [3.63, 3.8) is 0 Å². The summed E-state index contributed by atoms with van der Waals surface area (Å²) in [6, 6.07) is 3.34. The lowest BCUT2D eigenvalue weighted by atomic mass is 10.0. The van der Waals surface area contributed by atoms with Gasteiger partial charge < -0.3 is 15.9 Å². The molecule has 0 amide bonds. The molecule has 72 valence electrons. The van der Waals surface area contributed by atoms with Gasteiger partial charge in [-0.05, 0) is 13.0 Å². The molecule has 0 aliphatic heterocycles. The third-order valence-corrected chi connectivity index (χ3v) is 1.89. The van der Waals surface area contributed by atoms with Crippen molar-refractivity contribution in [2.75, 3.05) is 0 Å². The largest absolute Gasteiger partial charge is 0.505 e. The molecule has 0 fully saturated rings. The lowest BCUT2D eigenvalue weighted by Crippen LogP contribution is -2.24. The molecule has 0 radical (unpaired) electrons. The van der Waals surface area contributed by atoms with Crippen LogP contribution in [0.4, 0.5) is 4.39 Å². The normalized spacial score (nSPS) is 15.4. The van der Waals surface area contributed by atoms with Crippen LogP contribution in [0.25, 0.3) is 0 Å². The average Bonchev–Trinajstić information content (AvgIpc) is 2.08. The molecular formula is C9H12FNO2. The number of halogens is 1. The zero-order valence-corrected chi connectivity index (χ0v) is 7.24. The van der Waals surface area contributed by atoms with Crippen molar-refractivity contribution in [3.05, 3.63) is 29.6 Å². The van der Waals surface area contributed by atoms with Crippen LogP contribution < -0.4 is 5.73 Å². The Morgan fingerprint density at radius 2 is 2.08 bits per heavy atom. The maximum absolute atomic E-state index is 13.2. The fourth-order valence-corrected chi connectivity index (χ4v) is 1.05. The second-order valence-electron chi connectivity index (χ2n) is 2.95. The van der Waals surface area contributed by atoms with Crippen LogP contribution in [-0.4, -0.2) is 16.3 Å². The number of phenolic OH excluding ortho intramolecular Hbond substituents is 1. The van der Waals surface area contributed by atoms with Crippen LogP contribution >= 0.6 is 0 Å². The highest BCUT2D eigenvalue weighted by molar-refractivity contribution is 5.32. The van der Waals surface area contributed by atoms with Gasteiger partial charge in [0.1, 0.15) is 0 Å². The first-order chi connectivity index (χ1) is 6.04. The number of hydrogen-bond donors (Lipinski definition) is 3. The molecule has 1 unspecified atom stereocenters. The highest BCUT2D eigenvalue weighted by atomic mass is 19.1. The van der Waals surface area contributed by atoms with Crippen molar-refractivity contribution >= 4 is 0 Å². The second-order valence-corrected chi connectivity index (χ2v) is 2.95. The predicted octanol–water partition coefficient (Wildman–Crippen LogP) is 0.912. The summed E-state index contributed by atoms with van der Waals surface area (Å²) in [5, 5.41) is 18.1. The summed E-state index contributed by atoms with van der Waals surface area (Å²) in [7, 11) is 0. The number of phenols is 1. The maximum Gasteiger partial charge on any atom is 0.169 e. The Morgan fingerprint density at radius 3 is 2.62 bits per heavy atom. The van der Waals surface area contributed by atoms with Gasteiger partial charge in [0.05, 0.1) is 12.1 Å². The fraction of sp³-hybridized carbons (Fsp3) is 0.333. The standard InChI is InChI=1S/C9H12FNO2/c1-5(12)9(11)6-3-2-4-7(13)8(6)10/h2-5,9,12-13H,11H2,1H3/t5?,9-/m1/s1. The van der Waals surface area contributed by atoms with Crippen molar-refractivity contribution in [3.8, 4) is 5.75 Å². The van der Waals surface area contributed by atoms with Gasteiger partial charge in [-0.25, -0.2) is 4.39 Å². The van der Waals surface area contributed by atoms with Crippen molar-refractivity contribution in [1.82, 2.24) is 0 Å². The minimum Gasteiger partial charge on any atom is -0.505 e. The van der Waals surface area contributed by atoms with Crippen LogP contribution in [0.15, 0.2) is 18.2 Å². The summed E-state index contributed by atoms with van der Waals surface area (Å²) in [5.41, 5.74) is 5.63. The van der Waals surface area contributed by atoms with E-state index in [1.54, 1.807) is 0 Å². The van der Waals surface area contributed by atoms with Crippen LogP contribution in [0.2, 0.25) is 0 Å². The summed E-state index contributed by atoms with van der Waals surface area (Å²) < 4.78 is 13.2. The molecular weight excluding hydrogens is 173 g/mol. The average molecular weight is 185 g/mol. The van der Waals surface area contributed by atoms with E-state index in [9.17, 15) is 4.39 Å². The molecule has 0 aliphatic rings. The molecule has 1 aromatic carbocycles. The molecule has 0 heterocycles. The Balaban J connectivity index is 3.07. The van der Waals surface area contributed by atoms with Crippen LogP contribution in [0.3, 0.4) is 0 Å². The zero-order chi connectivity index (χ0) is 10.0. The van der Waals surface area contributed by atoms with Crippen molar-refractivity contribution in [2.24, 2.45) is 5.73 Å². The number of rotatable bonds is 2. The van der Waals surface area contributed by atoms with E-state index in [1.165, 1.54) is 25.1 Å². The molecule has 0 saturated heterocycles. The molecule has 0 bridgehead atoms. The molecule has 0 aliphatic carbocycles. The van der Waals surface area contributed by atoms with Crippen molar-refractivity contribution < 1.29 is 14.6 Å². The smallest absolute Gasteiger partial charge is 0.169 e. The van der Waals surface area contributed by atoms with Gasteiger partial charge in [-0.2, -0.15) is 0 Å². The van der Waals surface area contributed by atoms with E-state index in [0.29, 0.717) is 0 Å². The monoisotopic (exact) mass is 185 g/mol. The molecule has 0 saturated carbocycles. The molecule has 1 aromatic rings. The van der Waals surface area contributed by atoms with Crippen LogP contribution in [0.1, 0.15) is 18.5 Å². The second kappa shape index (κ2) is 3.72. The summed E-state index contributed by atoms with van der Waals surface area (Å²) in [6.07, 6.45) is -0.851. The molecule has 0 spiro atoms. The molecule has 3 nitrogen and oxygen atoms in total. The van der Waals surface area contributed by atoms with Crippen LogP contribution in [-0.2, 0) is 0 Å². The third-order valence-electron chi connectivity index (χ3n) is 1.89. The Morgan fingerprint density at radius 1 is 1.46 bits per heavy atom. The first-order valence-electron chi connectivity index (χ1n) is 3.95. The Kier molecular flexibility index (Phi) is 2.85. The number of benzene rings is 1. The third kappa shape index (κ3) is 1.96. The highest BCUT2D eigenvalue weighted by Crippen LogP contribution is 2.24. The molecule has 4 heteroatoms. The minimum absolute atomic E-state index is 0.120. The number of nitrogens with two attached hydrogens (primary N) is 1. The maximum atomic E-state index is 13.2. The van der Waals surface area contributed by atoms with Gasteiger partial charge in [0.2, 0.25) is 0 Å². The molecule has 13 heavy (non-hydrogen) atoms. The van der Waals surface area contributed by atoms with Crippen LogP contribution in [0.5, 0.6) is 5.75 Å². The fourth-order valence-electron chi connectivity index (χ4n) is 1.05. The lowest BCUT2D eigenvalue weighted by molar-refractivity contribution is 0.162. The zero-order valence-electron chi connectivity index (χ0n) is 7.24. The summed E-state index contributed by atoms with van der Waals surface area (Å²) >= 11 is 0. The summed E-state index contributed by atoms with van der Waals surface area (Å²) in [4.78, 5) is 0. The Bertz CT molecular complexity index is 302. The lowest BCUT2D eigenvalue weighted by Gasteiger charge is -2.15. The van der Waals surface area contributed by atoms with E-state index < -0.39 is 23.7 Å². The van der Waals surface area contributed by atoms with Crippen molar-refractivity contribution in [1.29, 1.82) is 0 Å². The minimum atomic E-state index is -0.851. The molecule has 1 rings (SSSR count). The highest BCUT2D eigenvalue weighted by Gasteiger charge is 2.17. The Labute approximate surface area is 75.6 Å². The van der Waals surface area contributed by atoms with E-state index in [4.69, 9.17) is 15.9 Å². The van der Waals surface area contributed by atoms with Gasteiger partial charge in [0, 0.05) is 5.56 Å². The van der Waals surface area contributed by atoms with Gasteiger partial charge in [-0.3, -0.25) is 0 Å². The van der Waals surface area contributed by atoms with Gasteiger partial charge in [0.25, 0.3) is 0 Å². The Hall–Kier alpha value is -1.13. The molecule has 0 aromatic heterocycles. The van der Waals surface area contributed by atoms with Gasteiger partial charge >= 0.3 is 0 Å². The summed E-state index contributed by atoms with van der Waals surface area (Å²) in [6.45, 7) is 1.47. The number of aliphatic hydroxyl groups excluding tert-OH is 1. The van der Waals surface area contributed by atoms with E-state index in [2.05, 4.69) is 0 Å². The van der Waals surface area contributed by atoms with E-state index >= 15 is 0 Å².